The summed E-state index contributed by atoms with van der Waals surface area (Å²) in [6.45, 7) is 2.17. The lowest BCUT2D eigenvalue weighted by molar-refractivity contribution is -0.136. The predicted octanol–water partition coefficient (Wildman–Crippen LogP) is 3.04. The molecule has 2 aromatic carbocycles. The van der Waals surface area contributed by atoms with Crippen LogP contribution in [0.1, 0.15) is 11.1 Å². The van der Waals surface area contributed by atoms with E-state index in [9.17, 15) is 14.0 Å². The molecule has 0 aliphatic heterocycles. The van der Waals surface area contributed by atoms with E-state index in [1.165, 1.54) is 12.1 Å². The zero-order chi connectivity index (χ0) is 16.1. The molecule has 0 saturated heterocycles. The van der Waals surface area contributed by atoms with E-state index in [0.29, 0.717) is 0 Å². The first-order valence-electron chi connectivity index (χ1n) is 6.55. The van der Waals surface area contributed by atoms with Crippen molar-refractivity contribution < 1.29 is 14.0 Å². The maximum Gasteiger partial charge on any atom is 0.313 e. The molecule has 0 spiro atoms. The van der Waals surface area contributed by atoms with Crippen molar-refractivity contribution in [3.05, 3.63) is 64.4 Å². The van der Waals surface area contributed by atoms with Crippen LogP contribution >= 0.6 is 11.6 Å². The van der Waals surface area contributed by atoms with Crippen LogP contribution in [0.25, 0.3) is 0 Å². The van der Waals surface area contributed by atoms with Crippen LogP contribution < -0.4 is 10.6 Å². The smallest absolute Gasteiger partial charge is 0.313 e. The topological polar surface area (TPSA) is 58.2 Å². The average Bonchev–Trinajstić information content (AvgIpc) is 2.49. The van der Waals surface area contributed by atoms with Crippen molar-refractivity contribution in [1.29, 1.82) is 0 Å². The molecule has 0 heterocycles. The van der Waals surface area contributed by atoms with Gasteiger partial charge < -0.3 is 10.6 Å². The Morgan fingerprint density at radius 1 is 1.09 bits per heavy atom. The van der Waals surface area contributed by atoms with Crippen LogP contribution in [0, 0.1) is 12.7 Å². The number of hydrogen-bond donors (Lipinski definition) is 2. The largest absolute Gasteiger partial charge is 0.344 e. The molecule has 114 valence electrons. The molecule has 2 amide bonds. The van der Waals surface area contributed by atoms with Gasteiger partial charge in [0.15, 0.2) is 0 Å². The van der Waals surface area contributed by atoms with Crippen molar-refractivity contribution >= 4 is 29.1 Å². The molecule has 2 rings (SSSR count). The van der Waals surface area contributed by atoms with Crippen molar-refractivity contribution in [2.75, 3.05) is 5.32 Å². The van der Waals surface area contributed by atoms with Gasteiger partial charge in [-0.1, -0.05) is 41.4 Å². The minimum absolute atomic E-state index is 0.0973. The van der Waals surface area contributed by atoms with Crippen LogP contribution in [-0.4, -0.2) is 11.8 Å². The third-order valence-corrected chi connectivity index (χ3v) is 3.19. The number of anilines is 1. The summed E-state index contributed by atoms with van der Waals surface area (Å²) in [5.74, 6) is -2.48. The zero-order valence-corrected chi connectivity index (χ0v) is 12.6. The van der Waals surface area contributed by atoms with Gasteiger partial charge in [-0.3, -0.25) is 9.59 Å². The Bertz CT molecular complexity index is 702. The molecule has 0 unspecified atom stereocenters. The number of carbonyl (C=O) groups is 2. The SMILES string of the molecule is Cc1ccc(CNC(=O)C(=O)Nc2ccc(Cl)cc2F)cc1. The fourth-order valence-corrected chi connectivity index (χ4v) is 1.90. The Hall–Kier alpha value is -2.40. The van der Waals surface area contributed by atoms with Crippen molar-refractivity contribution in [3.8, 4) is 0 Å². The Kier molecular flexibility index (Phi) is 5.12. The number of amides is 2. The minimum Gasteiger partial charge on any atom is -0.344 e. The van der Waals surface area contributed by atoms with E-state index in [-0.39, 0.29) is 17.3 Å². The summed E-state index contributed by atoms with van der Waals surface area (Å²) in [7, 11) is 0. The van der Waals surface area contributed by atoms with E-state index in [4.69, 9.17) is 11.6 Å². The Morgan fingerprint density at radius 3 is 2.41 bits per heavy atom. The average molecular weight is 321 g/mol. The number of hydrogen-bond acceptors (Lipinski definition) is 2. The second kappa shape index (κ2) is 7.04. The fourth-order valence-electron chi connectivity index (χ4n) is 1.74. The second-order valence-electron chi connectivity index (χ2n) is 4.75. The van der Waals surface area contributed by atoms with Crippen LogP contribution in [0.4, 0.5) is 10.1 Å². The number of rotatable bonds is 3. The molecule has 22 heavy (non-hydrogen) atoms. The van der Waals surface area contributed by atoms with Gasteiger partial charge in [0.2, 0.25) is 0 Å². The highest BCUT2D eigenvalue weighted by molar-refractivity contribution is 6.39. The van der Waals surface area contributed by atoms with Crippen molar-refractivity contribution in [2.45, 2.75) is 13.5 Å². The van der Waals surface area contributed by atoms with Crippen LogP contribution in [0.15, 0.2) is 42.5 Å². The van der Waals surface area contributed by atoms with E-state index in [2.05, 4.69) is 10.6 Å². The third-order valence-electron chi connectivity index (χ3n) is 2.96. The van der Waals surface area contributed by atoms with Gasteiger partial charge in [0.05, 0.1) is 5.69 Å². The highest BCUT2D eigenvalue weighted by Gasteiger charge is 2.15. The molecule has 0 atom stereocenters. The molecule has 0 radical (unpaired) electrons. The molecule has 0 aromatic heterocycles. The highest BCUT2D eigenvalue weighted by atomic mass is 35.5. The summed E-state index contributed by atoms with van der Waals surface area (Å²) in [4.78, 5) is 23.4. The van der Waals surface area contributed by atoms with Gasteiger partial charge in [-0.2, -0.15) is 0 Å². The van der Waals surface area contributed by atoms with Gasteiger partial charge >= 0.3 is 11.8 Å². The molecule has 0 fully saturated rings. The fraction of sp³-hybridized carbons (Fsp3) is 0.125. The van der Waals surface area contributed by atoms with Crippen molar-refractivity contribution in [2.24, 2.45) is 0 Å². The molecular weight excluding hydrogens is 307 g/mol. The summed E-state index contributed by atoms with van der Waals surface area (Å²) in [6.07, 6.45) is 0. The molecule has 0 aliphatic carbocycles. The Balaban J connectivity index is 1.92. The molecule has 2 aromatic rings. The normalized spacial score (nSPS) is 10.1. The van der Waals surface area contributed by atoms with Crippen LogP contribution in [-0.2, 0) is 16.1 Å². The van der Waals surface area contributed by atoms with E-state index < -0.39 is 17.6 Å². The first-order chi connectivity index (χ1) is 10.5. The quantitative estimate of drug-likeness (QED) is 0.854. The number of aryl methyl sites for hydroxylation is 1. The summed E-state index contributed by atoms with van der Waals surface area (Å²) < 4.78 is 13.5. The molecule has 4 nitrogen and oxygen atoms in total. The first-order valence-corrected chi connectivity index (χ1v) is 6.93. The van der Waals surface area contributed by atoms with Crippen molar-refractivity contribution in [1.82, 2.24) is 5.32 Å². The summed E-state index contributed by atoms with van der Waals surface area (Å²) in [5, 5.41) is 4.88. The number of halogens is 2. The van der Waals surface area contributed by atoms with E-state index in [0.717, 1.165) is 17.2 Å². The molecular formula is C16H14ClFN2O2. The van der Waals surface area contributed by atoms with Crippen LogP contribution in [0.2, 0.25) is 5.02 Å². The zero-order valence-electron chi connectivity index (χ0n) is 11.8. The van der Waals surface area contributed by atoms with Crippen LogP contribution in [0.5, 0.6) is 0 Å². The van der Waals surface area contributed by atoms with Gasteiger partial charge in [0.1, 0.15) is 5.82 Å². The number of carbonyl (C=O) groups excluding carboxylic acids is 2. The third kappa shape index (κ3) is 4.30. The van der Waals surface area contributed by atoms with Gasteiger partial charge in [-0.05, 0) is 30.7 Å². The van der Waals surface area contributed by atoms with E-state index >= 15 is 0 Å². The number of nitrogens with one attached hydrogen (secondary N) is 2. The minimum atomic E-state index is -0.937. The second-order valence-corrected chi connectivity index (χ2v) is 5.18. The van der Waals surface area contributed by atoms with E-state index in [1.807, 2.05) is 31.2 Å². The maximum atomic E-state index is 13.5. The lowest BCUT2D eigenvalue weighted by atomic mass is 10.1. The highest BCUT2D eigenvalue weighted by Crippen LogP contribution is 2.18. The lowest BCUT2D eigenvalue weighted by Crippen LogP contribution is -2.35. The van der Waals surface area contributed by atoms with Gasteiger partial charge in [0, 0.05) is 11.6 Å². The molecule has 0 saturated carbocycles. The van der Waals surface area contributed by atoms with Crippen molar-refractivity contribution in [3.63, 3.8) is 0 Å². The van der Waals surface area contributed by atoms with Gasteiger partial charge in [-0.15, -0.1) is 0 Å². The summed E-state index contributed by atoms with van der Waals surface area (Å²) in [6, 6.07) is 11.3. The monoisotopic (exact) mass is 320 g/mol. The molecule has 0 aliphatic rings. The number of benzene rings is 2. The summed E-state index contributed by atoms with van der Waals surface area (Å²) in [5.41, 5.74) is 1.87. The standard InChI is InChI=1S/C16H14ClFN2O2/c1-10-2-4-11(5-3-10)9-19-15(21)16(22)20-14-7-6-12(17)8-13(14)18/h2-8H,9H2,1H3,(H,19,21)(H,20,22). The first kappa shape index (κ1) is 16.0. The van der Waals surface area contributed by atoms with Gasteiger partial charge in [0.25, 0.3) is 0 Å². The van der Waals surface area contributed by atoms with E-state index in [1.54, 1.807) is 0 Å². The molecule has 0 bridgehead atoms. The molecule has 6 heteroatoms. The van der Waals surface area contributed by atoms with Gasteiger partial charge in [-0.25, -0.2) is 4.39 Å². The maximum absolute atomic E-state index is 13.5. The Morgan fingerprint density at radius 2 is 1.77 bits per heavy atom. The Labute approximate surface area is 132 Å². The predicted molar refractivity (Wildman–Crippen MR) is 83.1 cm³/mol. The lowest BCUT2D eigenvalue weighted by Gasteiger charge is -2.08. The summed E-state index contributed by atoms with van der Waals surface area (Å²) >= 11 is 5.61. The molecule has 2 N–H and O–H groups in total. The van der Waals surface area contributed by atoms with Crippen LogP contribution in [0.3, 0.4) is 0 Å².